The van der Waals surface area contributed by atoms with Gasteiger partial charge in [0.1, 0.15) is 5.75 Å². The van der Waals surface area contributed by atoms with E-state index in [1.54, 1.807) is 0 Å². The van der Waals surface area contributed by atoms with Crippen molar-refractivity contribution in [2.24, 2.45) is 0 Å². The number of nitrogen functional groups attached to an aromatic ring is 1. The lowest BCUT2D eigenvalue weighted by Gasteiger charge is -2.17. The normalized spacial score (nSPS) is 11.1. The number of nitrogens with two attached hydrogens (primary N) is 1. The Morgan fingerprint density at radius 1 is 1.33 bits per heavy atom. The highest BCUT2D eigenvalue weighted by Gasteiger charge is 2.15. The molecule has 1 aromatic rings. The molecule has 1 aromatic carbocycles. The van der Waals surface area contributed by atoms with Crippen LogP contribution in [0.3, 0.4) is 0 Å². The second-order valence-corrected chi connectivity index (χ2v) is 9.25. The molecule has 3 heteroatoms. The highest BCUT2D eigenvalue weighted by molar-refractivity contribution is 6.82. The Morgan fingerprint density at radius 3 is 2.47 bits per heavy atom. The minimum atomic E-state index is -1.23. The molecule has 0 unspecified atom stereocenters. The van der Waals surface area contributed by atoms with Gasteiger partial charge in [-0.1, -0.05) is 13.1 Å². The molecular formula is C12H19NOSi. The van der Waals surface area contributed by atoms with Crippen molar-refractivity contribution < 1.29 is 4.74 Å². The molecule has 0 aliphatic carbocycles. The van der Waals surface area contributed by atoms with Gasteiger partial charge in [0.05, 0.1) is 14.7 Å². The molecule has 0 aliphatic heterocycles. The van der Waals surface area contributed by atoms with E-state index in [9.17, 15) is 0 Å². The van der Waals surface area contributed by atoms with E-state index in [1.165, 1.54) is 0 Å². The van der Waals surface area contributed by atoms with Crippen LogP contribution in [0.4, 0.5) is 5.69 Å². The summed E-state index contributed by atoms with van der Waals surface area (Å²) < 4.78 is 5.63. The molecule has 2 N–H and O–H groups in total. The molecular weight excluding hydrogens is 202 g/mol. The summed E-state index contributed by atoms with van der Waals surface area (Å²) >= 11 is 0. The molecule has 0 heterocycles. The van der Waals surface area contributed by atoms with Gasteiger partial charge in [-0.2, -0.15) is 0 Å². The monoisotopic (exact) mass is 221 g/mol. The Kier molecular flexibility index (Phi) is 3.97. The van der Waals surface area contributed by atoms with Crippen LogP contribution in [0.5, 0.6) is 5.75 Å². The van der Waals surface area contributed by atoms with Crippen molar-refractivity contribution in [2.45, 2.75) is 19.1 Å². The van der Waals surface area contributed by atoms with Crippen molar-refractivity contribution in [3.63, 3.8) is 0 Å². The van der Waals surface area contributed by atoms with Gasteiger partial charge in [-0.05, 0) is 30.3 Å². The van der Waals surface area contributed by atoms with Gasteiger partial charge in [0.2, 0.25) is 0 Å². The van der Waals surface area contributed by atoms with Gasteiger partial charge in [-0.3, -0.25) is 0 Å². The van der Waals surface area contributed by atoms with Crippen LogP contribution in [0.15, 0.2) is 36.5 Å². The van der Waals surface area contributed by atoms with Crippen LogP contribution >= 0.6 is 0 Å². The van der Waals surface area contributed by atoms with E-state index in [-0.39, 0.29) is 0 Å². The Morgan fingerprint density at radius 2 is 1.93 bits per heavy atom. The van der Waals surface area contributed by atoms with Crippen LogP contribution in [-0.4, -0.2) is 14.7 Å². The molecule has 0 radical (unpaired) electrons. The van der Waals surface area contributed by atoms with E-state index in [4.69, 9.17) is 10.5 Å². The maximum absolute atomic E-state index is 5.63. The van der Waals surface area contributed by atoms with Gasteiger partial charge in [0.25, 0.3) is 0 Å². The molecule has 0 saturated heterocycles. The van der Waals surface area contributed by atoms with Crippen molar-refractivity contribution in [2.75, 3.05) is 12.3 Å². The van der Waals surface area contributed by atoms with Crippen molar-refractivity contribution in [1.82, 2.24) is 0 Å². The van der Waals surface area contributed by atoms with Crippen LogP contribution < -0.4 is 10.5 Å². The van der Waals surface area contributed by atoms with Gasteiger partial charge < -0.3 is 10.5 Å². The summed E-state index contributed by atoms with van der Waals surface area (Å²) in [5.41, 5.74) is 8.45. The maximum Gasteiger partial charge on any atom is 0.119 e. The van der Waals surface area contributed by atoms with Crippen LogP contribution in [0.1, 0.15) is 0 Å². The lowest BCUT2D eigenvalue weighted by atomic mass is 10.3. The summed E-state index contributed by atoms with van der Waals surface area (Å²) in [6, 6.07) is 8.60. The molecule has 0 fully saturated rings. The molecule has 0 bridgehead atoms. The van der Waals surface area contributed by atoms with Gasteiger partial charge in [0, 0.05) is 5.69 Å². The van der Waals surface area contributed by atoms with Crippen LogP contribution in [-0.2, 0) is 0 Å². The van der Waals surface area contributed by atoms with Crippen molar-refractivity contribution in [3.8, 4) is 5.75 Å². The molecule has 1 rings (SSSR count). The molecule has 0 amide bonds. The predicted octanol–water partition coefficient (Wildman–Crippen LogP) is 3.08. The van der Waals surface area contributed by atoms with Gasteiger partial charge >= 0.3 is 0 Å². The lowest BCUT2D eigenvalue weighted by Crippen LogP contribution is -2.24. The summed E-state index contributed by atoms with van der Waals surface area (Å²) in [6.07, 6.45) is 0. The smallest absolute Gasteiger partial charge is 0.119 e. The molecule has 2 nitrogen and oxygen atoms in total. The van der Waals surface area contributed by atoms with E-state index < -0.39 is 8.07 Å². The topological polar surface area (TPSA) is 35.2 Å². The Hall–Kier alpha value is -1.22. The average molecular weight is 221 g/mol. The van der Waals surface area contributed by atoms with Crippen LogP contribution in [0, 0.1) is 0 Å². The number of benzene rings is 1. The first-order valence-electron chi connectivity index (χ1n) is 5.15. The number of anilines is 1. The zero-order chi connectivity index (χ0) is 11.3. The number of hydrogen-bond acceptors (Lipinski definition) is 2. The number of rotatable bonds is 5. The average Bonchev–Trinajstić information content (AvgIpc) is 2.21. The summed E-state index contributed by atoms with van der Waals surface area (Å²) in [7, 11) is -1.23. The van der Waals surface area contributed by atoms with Gasteiger partial charge in [-0.15, -0.1) is 12.3 Å². The third kappa shape index (κ3) is 4.21. The molecule has 0 spiro atoms. The highest BCUT2D eigenvalue weighted by atomic mass is 28.3. The fourth-order valence-electron chi connectivity index (χ4n) is 1.10. The second kappa shape index (κ2) is 5.03. The quantitative estimate of drug-likeness (QED) is 0.612. The Bertz CT molecular complexity index is 319. The largest absolute Gasteiger partial charge is 0.494 e. The first-order chi connectivity index (χ1) is 7.03. The molecule has 0 saturated carbocycles. The third-order valence-electron chi connectivity index (χ3n) is 2.45. The fraction of sp³-hybridized carbons (Fsp3) is 0.333. The van der Waals surface area contributed by atoms with E-state index >= 15 is 0 Å². The number of hydrogen-bond donors (Lipinski definition) is 1. The Balaban J connectivity index is 2.38. The van der Waals surface area contributed by atoms with E-state index in [2.05, 4.69) is 25.4 Å². The van der Waals surface area contributed by atoms with Crippen molar-refractivity contribution >= 4 is 13.8 Å². The summed E-state index contributed by atoms with van der Waals surface area (Å²) in [5.74, 6) is 0.887. The van der Waals surface area contributed by atoms with E-state index in [1.807, 2.05) is 24.3 Å². The molecule has 0 aliphatic rings. The first-order valence-corrected chi connectivity index (χ1v) is 8.44. The zero-order valence-electron chi connectivity index (χ0n) is 9.49. The third-order valence-corrected chi connectivity index (χ3v) is 5.05. The van der Waals surface area contributed by atoms with E-state index in [0.29, 0.717) is 0 Å². The minimum absolute atomic E-state index is 0.759. The molecule has 82 valence electrons. The lowest BCUT2D eigenvalue weighted by molar-refractivity contribution is 0.338. The Labute approximate surface area is 92.8 Å². The van der Waals surface area contributed by atoms with Gasteiger partial charge in [0.15, 0.2) is 0 Å². The minimum Gasteiger partial charge on any atom is -0.494 e. The predicted molar refractivity (Wildman–Crippen MR) is 68.8 cm³/mol. The van der Waals surface area contributed by atoms with Gasteiger partial charge in [-0.25, -0.2) is 0 Å². The zero-order valence-corrected chi connectivity index (χ0v) is 10.5. The first kappa shape index (κ1) is 11.8. The molecule has 0 aromatic heterocycles. The summed E-state index contributed by atoms with van der Waals surface area (Å²) in [4.78, 5) is 0. The second-order valence-electron chi connectivity index (χ2n) is 4.36. The van der Waals surface area contributed by atoms with Crippen molar-refractivity contribution in [1.29, 1.82) is 0 Å². The molecule has 15 heavy (non-hydrogen) atoms. The molecule has 0 atom stereocenters. The fourth-order valence-corrected chi connectivity index (χ4v) is 1.93. The van der Waals surface area contributed by atoms with Crippen LogP contribution in [0.2, 0.25) is 19.1 Å². The standard InChI is InChI=1S/C12H19NOSi/c1-4-15(2,3)10-9-14-12-7-5-11(13)6-8-12/h4-8H,1,9-10,13H2,2-3H3. The highest BCUT2D eigenvalue weighted by Crippen LogP contribution is 2.15. The van der Waals surface area contributed by atoms with Crippen molar-refractivity contribution in [3.05, 3.63) is 36.5 Å². The summed E-state index contributed by atoms with van der Waals surface area (Å²) in [5, 5.41) is 0. The maximum atomic E-state index is 5.63. The van der Waals surface area contributed by atoms with Crippen LogP contribution in [0.25, 0.3) is 0 Å². The number of ether oxygens (including phenoxy) is 1. The summed E-state index contributed by atoms with van der Waals surface area (Å²) in [6.45, 7) is 9.19. The van der Waals surface area contributed by atoms with E-state index in [0.717, 1.165) is 24.1 Å². The SMILES string of the molecule is C=C[Si](C)(C)CCOc1ccc(N)cc1.